The van der Waals surface area contributed by atoms with Gasteiger partial charge >= 0.3 is 11.9 Å². The first kappa shape index (κ1) is 18.8. The van der Waals surface area contributed by atoms with Gasteiger partial charge in [0.25, 0.3) is 0 Å². The molecule has 1 aliphatic heterocycles. The van der Waals surface area contributed by atoms with Crippen LogP contribution >= 0.6 is 0 Å². The van der Waals surface area contributed by atoms with Gasteiger partial charge in [0.05, 0.1) is 17.6 Å². The van der Waals surface area contributed by atoms with E-state index in [-0.39, 0.29) is 53.5 Å². The maximum Gasteiger partial charge on any atom is 0.304 e. The summed E-state index contributed by atoms with van der Waals surface area (Å²) in [6.07, 6.45) is 1.33. The molecule has 9 atom stereocenters. The van der Waals surface area contributed by atoms with Gasteiger partial charge < -0.3 is 18.9 Å². The maximum atomic E-state index is 13.7. The average molecular weight is 485 g/mol. The minimum atomic E-state index is -3.10. The second kappa shape index (κ2) is 8.88. The van der Waals surface area contributed by atoms with Gasteiger partial charge in [-0.05, 0) is 81.5 Å². The average Bonchev–Trinajstić information content (AvgIpc) is 3.04. The van der Waals surface area contributed by atoms with Crippen molar-refractivity contribution in [1.82, 2.24) is 0 Å². The molecule has 3 saturated carbocycles. The van der Waals surface area contributed by atoms with E-state index in [1.807, 2.05) is 6.92 Å². The van der Waals surface area contributed by atoms with Gasteiger partial charge in [-0.15, -0.1) is 0 Å². The molecule has 0 aromatic rings. The van der Waals surface area contributed by atoms with Crippen molar-refractivity contribution in [3.8, 4) is 0 Å². The van der Waals surface area contributed by atoms with Crippen LogP contribution < -0.4 is 0 Å². The summed E-state index contributed by atoms with van der Waals surface area (Å²) in [5.41, 5.74) is -1.28. The minimum absolute atomic E-state index is 0.0273. The number of ether oxygens (including phenoxy) is 4. The molecule has 0 N–H and O–H groups in total. The molecule has 0 spiro atoms. The third-order valence-corrected chi connectivity index (χ3v) is 9.10. The Morgan fingerprint density at radius 2 is 1.68 bits per heavy atom. The molecule has 34 heavy (non-hydrogen) atoms. The smallest absolute Gasteiger partial charge is 0.304 e. The van der Waals surface area contributed by atoms with Crippen molar-refractivity contribution in [1.29, 1.82) is 0 Å². The van der Waals surface area contributed by atoms with Crippen molar-refractivity contribution < 1.29 is 41.6 Å². The fraction of sp³-hybridized carbons (Fsp3) is 0.889. The van der Waals surface area contributed by atoms with Crippen LogP contribution in [-0.2, 0) is 33.3 Å². The molecule has 0 unspecified atom stereocenters. The molecule has 0 bridgehead atoms. The van der Waals surface area contributed by atoms with Gasteiger partial charge in [-0.2, -0.15) is 0 Å². The third kappa shape index (κ3) is 4.55. The Balaban J connectivity index is 1.70. The van der Waals surface area contributed by atoms with Gasteiger partial charge in [0.15, 0.2) is 0 Å². The lowest BCUT2D eigenvalue weighted by atomic mass is 9.51. The van der Waals surface area contributed by atoms with Crippen LogP contribution in [0.4, 0.5) is 0 Å². The van der Waals surface area contributed by atoms with Crippen molar-refractivity contribution in [2.24, 2.45) is 34.5 Å². The van der Waals surface area contributed by atoms with Crippen LogP contribution in [-0.4, -0.2) is 42.0 Å². The Kier molecular flexibility index (Phi) is 4.90. The fourth-order valence-corrected chi connectivity index (χ4v) is 7.91. The molecule has 0 aromatic heterocycles. The highest BCUT2D eigenvalue weighted by atomic mass is 16.8. The molecule has 1 saturated heterocycles. The number of rotatable bonds is 3. The summed E-state index contributed by atoms with van der Waals surface area (Å²) in [6, 6.07) is 0. The number of carbonyl (C=O) groups excluding carboxylic acids is 3. The maximum absolute atomic E-state index is 13.7. The third-order valence-electron chi connectivity index (χ3n) is 9.10. The van der Waals surface area contributed by atoms with Gasteiger partial charge in [-0.3, -0.25) is 14.4 Å². The molecule has 3 aliphatic carbocycles. The molecule has 0 amide bonds. The summed E-state index contributed by atoms with van der Waals surface area (Å²) >= 11 is 0. The van der Waals surface area contributed by atoms with E-state index in [0.29, 0.717) is 6.42 Å². The lowest BCUT2D eigenvalue weighted by Gasteiger charge is -2.56. The Morgan fingerprint density at radius 3 is 2.35 bits per heavy atom. The minimum Gasteiger partial charge on any atom is -0.436 e. The predicted molar refractivity (Wildman–Crippen MR) is 124 cm³/mol. The van der Waals surface area contributed by atoms with Crippen molar-refractivity contribution >= 4 is 17.7 Å². The lowest BCUT2D eigenvalue weighted by Crippen LogP contribution is -2.57. The number of hydrogen-bond donors (Lipinski definition) is 0. The van der Waals surface area contributed by atoms with Crippen molar-refractivity contribution in [3.63, 3.8) is 0 Å². The molecule has 4 fully saturated rings. The van der Waals surface area contributed by atoms with Crippen molar-refractivity contribution in [3.05, 3.63) is 0 Å². The van der Waals surface area contributed by atoms with Gasteiger partial charge in [0.1, 0.15) is 5.78 Å². The van der Waals surface area contributed by atoms with E-state index in [9.17, 15) is 14.4 Å². The highest BCUT2D eigenvalue weighted by Gasteiger charge is 2.64. The number of esters is 2. The highest BCUT2D eigenvalue weighted by molar-refractivity contribution is 5.83. The van der Waals surface area contributed by atoms with Gasteiger partial charge in [0.2, 0.25) is 12.6 Å². The van der Waals surface area contributed by atoms with Crippen LogP contribution in [0.5, 0.6) is 0 Å². The van der Waals surface area contributed by atoms with Crippen LogP contribution in [0.2, 0.25) is 0 Å². The summed E-state index contributed by atoms with van der Waals surface area (Å²) in [6.45, 7) is 4.16. The van der Waals surface area contributed by atoms with Gasteiger partial charge in [0, 0.05) is 34.8 Å². The molecule has 4 rings (SSSR count). The SMILES string of the molecule is [2H]C([2H])([2H])C(=O)O[C@H]1C[C@@]2(C)[C@H](C(=O)CC[C@@H]3[C@@H]2CC[C@]2(C)[C@@H](OC(C)(C)C)CC[C@@H]32)[C@H](OC(=O)C([2H])([2H])[2H])O1. The first-order chi connectivity index (χ1) is 18.2. The van der Waals surface area contributed by atoms with Gasteiger partial charge in [-0.25, -0.2) is 0 Å². The van der Waals surface area contributed by atoms with Crippen LogP contribution in [0.1, 0.15) is 101 Å². The molecule has 1 heterocycles. The Morgan fingerprint density at radius 1 is 1.00 bits per heavy atom. The normalized spacial score (nSPS) is 47.7. The number of ketones is 1. The number of Topliss-reactive ketones (excluding diaryl/α,β-unsaturated/α-hetero) is 1. The number of carbonyl (C=O) groups is 3. The van der Waals surface area contributed by atoms with Crippen LogP contribution in [0, 0.1) is 34.5 Å². The zero-order chi connectivity index (χ0) is 30.1. The van der Waals surface area contributed by atoms with E-state index in [1.165, 1.54) is 0 Å². The van der Waals surface area contributed by atoms with Crippen molar-refractivity contribution in [2.75, 3.05) is 0 Å². The quantitative estimate of drug-likeness (QED) is 0.532. The molecule has 4 aliphatic rings. The number of hydrogen-bond acceptors (Lipinski definition) is 7. The molecule has 7 nitrogen and oxygen atoms in total. The monoisotopic (exact) mass is 484 g/mol. The van der Waals surface area contributed by atoms with Crippen molar-refractivity contribution in [2.45, 2.75) is 118 Å². The highest BCUT2D eigenvalue weighted by Crippen LogP contribution is 2.65. The topological polar surface area (TPSA) is 88.1 Å². The Hall–Kier alpha value is -1.47. The van der Waals surface area contributed by atoms with E-state index < -0.39 is 49.6 Å². The number of fused-ring (bicyclic) bond motifs is 5. The summed E-state index contributed by atoms with van der Waals surface area (Å²) in [4.78, 5) is 38.4. The molecular formula is C27H42O7. The zero-order valence-corrected chi connectivity index (χ0v) is 20.8. The zero-order valence-electron chi connectivity index (χ0n) is 26.8. The Bertz CT molecular complexity index is 1020. The van der Waals surface area contributed by atoms with E-state index in [1.54, 1.807) is 0 Å². The molecule has 7 heteroatoms. The standard InChI is InChI=1S/C27H42O7/c1-15(28)31-22-14-27(7)19-12-13-26(6)18(9-11-21(26)34-25(3,4)5)17(19)8-10-20(30)23(27)24(33-22)32-16(2)29/h17-19,21-24H,8-14H2,1-7H3/t17-,18-,19-,21-,22+,23+,24+,26-,27+/m0/s1/i1D3,2D3. The van der Waals surface area contributed by atoms with Crippen LogP contribution in [0.3, 0.4) is 0 Å². The molecule has 0 radical (unpaired) electrons. The van der Waals surface area contributed by atoms with Crippen LogP contribution in [0.15, 0.2) is 0 Å². The van der Waals surface area contributed by atoms with E-state index in [0.717, 1.165) is 25.7 Å². The molecule has 192 valence electrons. The molecule has 0 aromatic carbocycles. The fourth-order valence-electron chi connectivity index (χ4n) is 7.91. The van der Waals surface area contributed by atoms with E-state index in [2.05, 4.69) is 27.7 Å². The largest absolute Gasteiger partial charge is 0.436 e. The summed E-state index contributed by atoms with van der Waals surface area (Å²) < 4.78 is 67.3. The lowest BCUT2D eigenvalue weighted by molar-refractivity contribution is -0.300. The Labute approximate surface area is 212 Å². The molecular weight excluding hydrogens is 436 g/mol. The first-order valence-electron chi connectivity index (χ1n) is 15.4. The van der Waals surface area contributed by atoms with Crippen LogP contribution in [0.25, 0.3) is 0 Å². The van der Waals surface area contributed by atoms with E-state index >= 15 is 0 Å². The second-order valence-electron chi connectivity index (χ2n) is 12.2. The first-order valence-corrected chi connectivity index (χ1v) is 12.4. The van der Waals surface area contributed by atoms with E-state index in [4.69, 9.17) is 27.2 Å². The summed E-state index contributed by atoms with van der Waals surface area (Å²) in [7, 11) is 0. The summed E-state index contributed by atoms with van der Waals surface area (Å²) in [5, 5.41) is 0. The summed E-state index contributed by atoms with van der Waals surface area (Å²) in [5.74, 6) is -3.86. The predicted octanol–water partition coefficient (Wildman–Crippen LogP) is 4.80. The second-order valence-corrected chi connectivity index (χ2v) is 12.2. The van der Waals surface area contributed by atoms with Gasteiger partial charge in [-0.1, -0.05) is 13.8 Å².